The number of hydrogen-bond acceptors (Lipinski definition) is 7. The molecule has 0 aliphatic carbocycles. The van der Waals surface area contributed by atoms with Crippen LogP contribution in [0.3, 0.4) is 0 Å². The van der Waals surface area contributed by atoms with E-state index in [1.807, 2.05) is 25.1 Å². The summed E-state index contributed by atoms with van der Waals surface area (Å²) in [5.74, 6) is 0.537. The number of rotatable bonds is 7. The quantitative estimate of drug-likeness (QED) is 0.439. The number of hydrogen-bond donors (Lipinski definition) is 4. The molecule has 4 N–H and O–H groups in total. The molecule has 1 aliphatic rings. The zero-order chi connectivity index (χ0) is 21.6. The van der Waals surface area contributed by atoms with Gasteiger partial charge in [0.1, 0.15) is 11.4 Å². The monoisotopic (exact) mass is 415 g/mol. The number of fused-ring (bicyclic) bond motifs is 1. The molecule has 0 atom stereocenters. The summed E-state index contributed by atoms with van der Waals surface area (Å²) in [5, 5.41) is 12.6. The summed E-state index contributed by atoms with van der Waals surface area (Å²) >= 11 is 0. The molecule has 0 bridgehead atoms. The van der Waals surface area contributed by atoms with Crippen LogP contribution in [0.4, 0.5) is 23.1 Å². The van der Waals surface area contributed by atoms with Gasteiger partial charge in [-0.05, 0) is 55.3 Å². The largest absolute Gasteiger partial charge is 0.348 e. The Balaban J connectivity index is 1.62. The first-order valence-corrected chi connectivity index (χ1v) is 10.2. The summed E-state index contributed by atoms with van der Waals surface area (Å²) in [6, 6.07) is 9.96. The van der Waals surface area contributed by atoms with Gasteiger partial charge >= 0.3 is 0 Å². The summed E-state index contributed by atoms with van der Waals surface area (Å²) in [7, 11) is 0. The number of carbonyl (C=O) groups is 1. The normalized spacial score (nSPS) is 12.5. The van der Waals surface area contributed by atoms with Gasteiger partial charge in [-0.3, -0.25) is 9.78 Å². The second-order valence-corrected chi connectivity index (χ2v) is 7.30. The van der Waals surface area contributed by atoms with Gasteiger partial charge in [-0.25, -0.2) is 4.98 Å². The molecule has 0 unspecified atom stereocenters. The van der Waals surface area contributed by atoms with Crippen molar-refractivity contribution in [1.82, 2.24) is 25.6 Å². The lowest BCUT2D eigenvalue weighted by Gasteiger charge is -2.18. The molecular formula is C23H25N7O. The minimum absolute atomic E-state index is 0.277. The van der Waals surface area contributed by atoms with Crippen molar-refractivity contribution in [3.05, 3.63) is 77.8 Å². The predicted molar refractivity (Wildman–Crippen MR) is 122 cm³/mol. The zero-order valence-corrected chi connectivity index (χ0v) is 17.4. The summed E-state index contributed by atoms with van der Waals surface area (Å²) in [5.41, 5.74) is 5.53. The highest BCUT2D eigenvalue weighted by Gasteiger charge is 2.16. The van der Waals surface area contributed by atoms with E-state index < -0.39 is 0 Å². The van der Waals surface area contributed by atoms with Gasteiger partial charge in [-0.2, -0.15) is 4.98 Å². The molecule has 8 nitrogen and oxygen atoms in total. The summed E-state index contributed by atoms with van der Waals surface area (Å²) in [6.07, 6.45) is 5.84. The first-order valence-electron chi connectivity index (χ1n) is 10.2. The molecule has 1 aliphatic heterocycles. The van der Waals surface area contributed by atoms with Gasteiger partial charge in [-0.15, -0.1) is 6.58 Å². The number of amides is 1. The van der Waals surface area contributed by atoms with E-state index in [1.54, 1.807) is 12.3 Å². The van der Waals surface area contributed by atoms with Crippen molar-refractivity contribution in [2.75, 3.05) is 23.7 Å². The maximum Gasteiger partial charge on any atom is 0.256 e. The van der Waals surface area contributed by atoms with Crippen LogP contribution in [0.2, 0.25) is 0 Å². The van der Waals surface area contributed by atoms with E-state index in [9.17, 15) is 4.79 Å². The van der Waals surface area contributed by atoms with E-state index in [4.69, 9.17) is 0 Å². The number of benzene rings is 1. The van der Waals surface area contributed by atoms with Crippen molar-refractivity contribution in [2.45, 2.75) is 19.9 Å². The fourth-order valence-electron chi connectivity index (χ4n) is 3.41. The number of aromatic nitrogens is 3. The highest BCUT2D eigenvalue weighted by Crippen LogP contribution is 2.24. The summed E-state index contributed by atoms with van der Waals surface area (Å²) in [4.78, 5) is 25.7. The van der Waals surface area contributed by atoms with Gasteiger partial charge in [0.15, 0.2) is 0 Å². The van der Waals surface area contributed by atoms with E-state index in [-0.39, 0.29) is 5.91 Å². The molecule has 31 heavy (non-hydrogen) atoms. The smallest absolute Gasteiger partial charge is 0.256 e. The number of aryl methyl sites for hydroxylation is 1. The van der Waals surface area contributed by atoms with Crippen LogP contribution in [0.15, 0.2) is 55.4 Å². The van der Waals surface area contributed by atoms with Crippen molar-refractivity contribution in [3.63, 3.8) is 0 Å². The molecule has 0 spiro atoms. The van der Waals surface area contributed by atoms with Crippen LogP contribution in [-0.4, -0.2) is 33.9 Å². The van der Waals surface area contributed by atoms with Crippen LogP contribution in [0.5, 0.6) is 0 Å². The van der Waals surface area contributed by atoms with E-state index in [2.05, 4.69) is 54.9 Å². The van der Waals surface area contributed by atoms with Crippen LogP contribution in [-0.2, 0) is 13.0 Å². The molecule has 2 aromatic heterocycles. The van der Waals surface area contributed by atoms with Gasteiger partial charge in [0.05, 0.1) is 0 Å². The van der Waals surface area contributed by atoms with Crippen molar-refractivity contribution in [1.29, 1.82) is 0 Å². The topological polar surface area (TPSA) is 104 Å². The predicted octanol–water partition coefficient (Wildman–Crippen LogP) is 3.23. The number of anilines is 4. The molecule has 1 aromatic carbocycles. The Hall–Kier alpha value is -3.78. The third-order valence-electron chi connectivity index (χ3n) is 4.95. The molecule has 3 aromatic rings. The van der Waals surface area contributed by atoms with Crippen molar-refractivity contribution in [3.8, 4) is 0 Å². The molecule has 158 valence electrons. The molecule has 0 saturated heterocycles. The van der Waals surface area contributed by atoms with Gasteiger partial charge in [0.2, 0.25) is 5.95 Å². The Morgan fingerprint density at radius 1 is 1.16 bits per heavy atom. The minimum atomic E-state index is -0.277. The van der Waals surface area contributed by atoms with Gasteiger partial charge in [-0.1, -0.05) is 12.1 Å². The SMILES string of the molecule is C=CCNC(=O)c1cnc(Nc2ccc3c(c2)CCNC3)nc1Nc1ccnc(C)c1. The lowest BCUT2D eigenvalue weighted by molar-refractivity contribution is 0.0958. The van der Waals surface area contributed by atoms with Crippen molar-refractivity contribution < 1.29 is 4.79 Å². The molecule has 8 heteroatoms. The van der Waals surface area contributed by atoms with Gasteiger partial charge in [0.25, 0.3) is 5.91 Å². The number of carbonyl (C=O) groups excluding carboxylic acids is 1. The Labute approximate surface area is 181 Å². The maximum absolute atomic E-state index is 12.6. The number of pyridine rings is 1. The summed E-state index contributed by atoms with van der Waals surface area (Å²) < 4.78 is 0. The van der Waals surface area contributed by atoms with Crippen molar-refractivity contribution in [2.24, 2.45) is 0 Å². The van der Waals surface area contributed by atoms with Crippen LogP contribution < -0.4 is 21.3 Å². The third kappa shape index (κ3) is 5.04. The van der Waals surface area contributed by atoms with Gasteiger partial charge < -0.3 is 21.3 Å². The minimum Gasteiger partial charge on any atom is -0.348 e. The molecule has 0 fully saturated rings. The van der Waals surface area contributed by atoms with Crippen LogP contribution in [0, 0.1) is 6.92 Å². The lowest BCUT2D eigenvalue weighted by Crippen LogP contribution is -2.25. The molecular weight excluding hydrogens is 390 g/mol. The molecule has 1 amide bonds. The standard InChI is InChI=1S/C23H25N7O/c1-3-8-26-22(31)20-14-27-23(30-21(20)28-19-7-10-25-15(2)11-19)29-18-5-4-17-13-24-9-6-16(17)12-18/h3-5,7,10-12,14,24H,1,6,8-9,13H2,2H3,(H,26,31)(H2,25,27,28,29,30). The number of nitrogens with one attached hydrogen (secondary N) is 4. The second kappa shape index (κ2) is 9.36. The fourth-order valence-corrected chi connectivity index (χ4v) is 3.41. The lowest BCUT2D eigenvalue weighted by atomic mass is 10.0. The average Bonchev–Trinajstić information content (AvgIpc) is 2.77. The maximum atomic E-state index is 12.6. The van der Waals surface area contributed by atoms with Crippen LogP contribution in [0.1, 0.15) is 27.2 Å². The van der Waals surface area contributed by atoms with Gasteiger partial charge in [0, 0.05) is 42.6 Å². The van der Waals surface area contributed by atoms with Crippen LogP contribution >= 0.6 is 0 Å². The Kier molecular flexibility index (Phi) is 6.18. The summed E-state index contributed by atoms with van der Waals surface area (Å²) in [6.45, 7) is 7.76. The molecule has 0 saturated carbocycles. The fraction of sp³-hybridized carbons (Fsp3) is 0.217. The average molecular weight is 416 g/mol. The Morgan fingerprint density at radius 3 is 2.87 bits per heavy atom. The van der Waals surface area contributed by atoms with E-state index in [0.717, 1.165) is 36.6 Å². The van der Waals surface area contributed by atoms with Crippen LogP contribution in [0.25, 0.3) is 0 Å². The zero-order valence-electron chi connectivity index (χ0n) is 17.4. The molecule has 0 radical (unpaired) electrons. The van der Waals surface area contributed by atoms with E-state index in [1.165, 1.54) is 17.3 Å². The molecule has 3 heterocycles. The van der Waals surface area contributed by atoms with E-state index >= 15 is 0 Å². The first kappa shape index (κ1) is 20.5. The van der Waals surface area contributed by atoms with E-state index in [0.29, 0.717) is 23.9 Å². The first-order chi connectivity index (χ1) is 15.1. The Bertz CT molecular complexity index is 1110. The van der Waals surface area contributed by atoms with Crippen molar-refractivity contribution >= 4 is 29.0 Å². The number of nitrogens with zero attached hydrogens (tertiary/aromatic N) is 3. The highest BCUT2D eigenvalue weighted by molar-refractivity contribution is 5.99. The second-order valence-electron chi connectivity index (χ2n) is 7.30. The molecule has 4 rings (SSSR count). The Morgan fingerprint density at radius 2 is 2.03 bits per heavy atom. The third-order valence-corrected chi connectivity index (χ3v) is 4.95. The highest BCUT2D eigenvalue weighted by atomic mass is 16.1.